The van der Waals surface area contributed by atoms with E-state index in [-0.39, 0.29) is 6.04 Å². The van der Waals surface area contributed by atoms with E-state index in [1.807, 2.05) is 13.1 Å². The first-order valence-corrected chi connectivity index (χ1v) is 5.25. The summed E-state index contributed by atoms with van der Waals surface area (Å²) in [5, 5.41) is 4.35. The summed E-state index contributed by atoms with van der Waals surface area (Å²) in [6, 6.07) is 0.167. The van der Waals surface area contributed by atoms with Crippen LogP contribution in [-0.4, -0.2) is 17.3 Å². The number of hydrogen-bond donors (Lipinski definition) is 1. The summed E-state index contributed by atoms with van der Waals surface area (Å²) in [6.45, 7) is 2.83. The summed E-state index contributed by atoms with van der Waals surface area (Å²) < 4.78 is 0. The topological polar surface area (TPSA) is 42.0 Å². The maximum Gasteiger partial charge on any atom is 0.136 e. The van der Waals surface area contributed by atoms with E-state index in [0.717, 1.165) is 11.6 Å². The second-order valence-electron chi connectivity index (χ2n) is 3.31. The fourth-order valence-corrected chi connectivity index (χ4v) is 2.35. The molecule has 3 nitrogen and oxygen atoms in total. The summed E-state index contributed by atoms with van der Waals surface area (Å²) in [4.78, 5) is 16.7. The van der Waals surface area contributed by atoms with Crippen molar-refractivity contribution in [1.82, 2.24) is 10.3 Å². The van der Waals surface area contributed by atoms with Crippen LogP contribution in [-0.2, 0) is 4.79 Å². The highest BCUT2D eigenvalue weighted by molar-refractivity contribution is 7.11. The molecule has 0 aromatic carbocycles. The van der Waals surface area contributed by atoms with Crippen LogP contribution < -0.4 is 5.32 Å². The Morgan fingerprint density at radius 2 is 2.54 bits per heavy atom. The van der Waals surface area contributed by atoms with Crippen molar-refractivity contribution in [2.75, 3.05) is 6.54 Å². The molecule has 0 saturated carbocycles. The fraction of sp³-hybridized carbons (Fsp3) is 0.556. The van der Waals surface area contributed by atoms with Crippen LogP contribution in [0.4, 0.5) is 0 Å². The van der Waals surface area contributed by atoms with Gasteiger partial charge in [0, 0.05) is 30.5 Å². The first-order chi connectivity index (χ1) is 6.25. The van der Waals surface area contributed by atoms with Gasteiger partial charge in [-0.25, -0.2) is 4.98 Å². The Hall–Kier alpha value is -0.740. The van der Waals surface area contributed by atoms with Gasteiger partial charge in [0.05, 0.1) is 6.04 Å². The molecular formula is C9H12N2OS. The first-order valence-electron chi connectivity index (χ1n) is 4.43. The number of piperidine rings is 1. The molecule has 1 unspecified atom stereocenters. The molecule has 0 bridgehead atoms. The summed E-state index contributed by atoms with van der Waals surface area (Å²) in [6.07, 6.45) is 3.13. The molecule has 4 heteroatoms. The van der Waals surface area contributed by atoms with Crippen molar-refractivity contribution in [3.05, 3.63) is 16.1 Å². The predicted octanol–water partition coefficient (Wildman–Crippen LogP) is 1.45. The van der Waals surface area contributed by atoms with E-state index in [1.165, 1.54) is 4.88 Å². The monoisotopic (exact) mass is 196 g/mol. The molecular weight excluding hydrogens is 184 g/mol. The molecule has 0 amide bonds. The van der Waals surface area contributed by atoms with Gasteiger partial charge >= 0.3 is 0 Å². The Morgan fingerprint density at radius 1 is 1.69 bits per heavy atom. The van der Waals surface area contributed by atoms with Crippen molar-refractivity contribution in [1.29, 1.82) is 0 Å². The quantitative estimate of drug-likeness (QED) is 0.739. The van der Waals surface area contributed by atoms with Gasteiger partial charge in [0.15, 0.2) is 0 Å². The first kappa shape index (κ1) is 8.84. The molecule has 1 aliphatic rings. The summed E-state index contributed by atoms with van der Waals surface area (Å²) >= 11 is 1.67. The van der Waals surface area contributed by atoms with Crippen LogP contribution in [0.5, 0.6) is 0 Å². The van der Waals surface area contributed by atoms with Crippen molar-refractivity contribution in [3.63, 3.8) is 0 Å². The molecule has 1 fully saturated rings. The Kier molecular flexibility index (Phi) is 2.42. The molecule has 1 aromatic heterocycles. The minimum atomic E-state index is 0.167. The van der Waals surface area contributed by atoms with E-state index in [0.29, 0.717) is 18.6 Å². The molecule has 1 saturated heterocycles. The average Bonchev–Trinajstić information content (AvgIpc) is 2.52. The molecule has 1 aliphatic heterocycles. The van der Waals surface area contributed by atoms with Gasteiger partial charge in [0.25, 0.3) is 0 Å². The van der Waals surface area contributed by atoms with E-state index in [1.54, 1.807) is 11.3 Å². The largest absolute Gasteiger partial charge is 0.307 e. The Labute approximate surface area is 81.2 Å². The zero-order chi connectivity index (χ0) is 9.26. The van der Waals surface area contributed by atoms with Gasteiger partial charge in [0.1, 0.15) is 10.8 Å². The van der Waals surface area contributed by atoms with Crippen molar-refractivity contribution < 1.29 is 4.79 Å². The van der Waals surface area contributed by atoms with Crippen LogP contribution in [0.3, 0.4) is 0 Å². The Balaban J connectivity index is 2.12. The molecule has 0 spiro atoms. The lowest BCUT2D eigenvalue weighted by Crippen LogP contribution is -2.31. The molecule has 0 aliphatic carbocycles. The molecule has 1 atom stereocenters. The Morgan fingerprint density at radius 3 is 3.15 bits per heavy atom. The van der Waals surface area contributed by atoms with Gasteiger partial charge in [0.2, 0.25) is 0 Å². The molecule has 13 heavy (non-hydrogen) atoms. The number of carbonyl (C=O) groups is 1. The molecule has 0 radical (unpaired) electrons. The van der Waals surface area contributed by atoms with E-state index in [9.17, 15) is 4.79 Å². The Bertz CT molecular complexity index is 321. The van der Waals surface area contributed by atoms with E-state index in [2.05, 4.69) is 10.3 Å². The lowest BCUT2D eigenvalue weighted by Gasteiger charge is -2.20. The number of rotatable bonds is 1. The normalized spacial score (nSPS) is 23.5. The number of aromatic nitrogens is 1. The zero-order valence-corrected chi connectivity index (χ0v) is 8.36. The smallest absolute Gasteiger partial charge is 0.136 e. The third-order valence-electron chi connectivity index (χ3n) is 2.16. The van der Waals surface area contributed by atoms with Crippen molar-refractivity contribution in [2.24, 2.45) is 0 Å². The van der Waals surface area contributed by atoms with Crippen molar-refractivity contribution in [3.8, 4) is 0 Å². The highest BCUT2D eigenvalue weighted by Gasteiger charge is 2.22. The summed E-state index contributed by atoms with van der Waals surface area (Å²) in [5.74, 6) is 0.344. The minimum Gasteiger partial charge on any atom is -0.307 e. The van der Waals surface area contributed by atoms with Crippen LogP contribution in [0.25, 0.3) is 0 Å². The standard InChI is InChI=1S/C9H12N2OS/c1-6-5-11-9(13-6)8-4-7(12)2-3-10-8/h5,8,10H,2-4H2,1H3. The number of thiazole rings is 1. The molecule has 2 heterocycles. The second-order valence-corrected chi connectivity index (χ2v) is 4.58. The minimum absolute atomic E-state index is 0.167. The third kappa shape index (κ3) is 1.95. The van der Waals surface area contributed by atoms with Crippen LogP contribution in [0.2, 0.25) is 0 Å². The second kappa shape index (κ2) is 3.55. The van der Waals surface area contributed by atoms with Crippen LogP contribution in [0.15, 0.2) is 6.20 Å². The maximum absolute atomic E-state index is 11.2. The molecule has 70 valence electrons. The van der Waals surface area contributed by atoms with Crippen LogP contribution in [0, 0.1) is 6.92 Å². The average molecular weight is 196 g/mol. The van der Waals surface area contributed by atoms with E-state index < -0.39 is 0 Å². The number of ketones is 1. The van der Waals surface area contributed by atoms with Gasteiger partial charge in [-0.3, -0.25) is 4.79 Å². The highest BCUT2D eigenvalue weighted by atomic mass is 32.1. The molecule has 1 aromatic rings. The van der Waals surface area contributed by atoms with Crippen LogP contribution >= 0.6 is 11.3 Å². The van der Waals surface area contributed by atoms with Crippen molar-refractivity contribution >= 4 is 17.1 Å². The zero-order valence-electron chi connectivity index (χ0n) is 7.54. The molecule has 2 rings (SSSR count). The van der Waals surface area contributed by atoms with Gasteiger partial charge in [-0.2, -0.15) is 0 Å². The number of carbonyl (C=O) groups excluding carboxylic acids is 1. The third-order valence-corrected chi connectivity index (χ3v) is 3.19. The van der Waals surface area contributed by atoms with Crippen molar-refractivity contribution in [2.45, 2.75) is 25.8 Å². The summed E-state index contributed by atoms with van der Waals surface area (Å²) in [7, 11) is 0. The number of aryl methyl sites for hydroxylation is 1. The number of hydrogen-bond acceptors (Lipinski definition) is 4. The van der Waals surface area contributed by atoms with Gasteiger partial charge in [-0.1, -0.05) is 0 Å². The van der Waals surface area contributed by atoms with E-state index in [4.69, 9.17) is 0 Å². The SMILES string of the molecule is Cc1cnc(C2CC(=O)CCN2)s1. The maximum atomic E-state index is 11.2. The van der Waals surface area contributed by atoms with E-state index >= 15 is 0 Å². The predicted molar refractivity (Wildman–Crippen MR) is 51.8 cm³/mol. The van der Waals surface area contributed by atoms with Crippen LogP contribution in [0.1, 0.15) is 28.8 Å². The fourth-order valence-electron chi connectivity index (χ4n) is 1.50. The molecule has 1 N–H and O–H groups in total. The van der Waals surface area contributed by atoms with Gasteiger partial charge in [-0.05, 0) is 6.92 Å². The highest BCUT2D eigenvalue weighted by Crippen LogP contribution is 2.24. The number of nitrogens with one attached hydrogen (secondary N) is 1. The lowest BCUT2D eigenvalue weighted by molar-refractivity contribution is -0.120. The number of nitrogens with zero attached hydrogens (tertiary/aromatic N) is 1. The number of Topliss-reactive ketones (excluding diaryl/α,β-unsaturated/α-hetero) is 1. The summed E-state index contributed by atoms with van der Waals surface area (Å²) in [5.41, 5.74) is 0. The van der Waals surface area contributed by atoms with Gasteiger partial charge < -0.3 is 5.32 Å². The van der Waals surface area contributed by atoms with Gasteiger partial charge in [-0.15, -0.1) is 11.3 Å². The lowest BCUT2D eigenvalue weighted by atomic mass is 10.0.